The van der Waals surface area contributed by atoms with E-state index in [1.807, 2.05) is 0 Å². The number of amides is 5. The molecule has 1 atom stereocenters. The van der Waals surface area contributed by atoms with Crippen LogP contribution in [-0.2, 0) is 14.4 Å². The number of carbonyl (C=O) groups excluding carboxylic acids is 5. The Kier molecular flexibility index (Phi) is 5.00. The lowest BCUT2D eigenvalue weighted by molar-refractivity contribution is -0.136. The van der Waals surface area contributed by atoms with E-state index in [1.165, 1.54) is 13.0 Å². The predicted molar refractivity (Wildman–Crippen MR) is 102 cm³/mol. The van der Waals surface area contributed by atoms with Crippen molar-refractivity contribution < 1.29 is 28.4 Å². The molecule has 0 spiro atoms. The van der Waals surface area contributed by atoms with E-state index in [4.69, 9.17) is 0 Å². The molecular formula is C20H21FN4O5. The van der Waals surface area contributed by atoms with E-state index in [9.17, 15) is 28.4 Å². The Morgan fingerprint density at radius 1 is 1.03 bits per heavy atom. The van der Waals surface area contributed by atoms with E-state index in [0.29, 0.717) is 32.6 Å². The van der Waals surface area contributed by atoms with Crippen LogP contribution in [-0.4, -0.2) is 71.6 Å². The molecule has 3 heterocycles. The topological polar surface area (TPSA) is 107 Å². The van der Waals surface area contributed by atoms with Crippen LogP contribution in [0.1, 0.15) is 46.9 Å². The molecular weight excluding hydrogens is 395 g/mol. The summed E-state index contributed by atoms with van der Waals surface area (Å²) in [6, 6.07) is 1.29. The fourth-order valence-electron chi connectivity index (χ4n) is 4.19. The molecule has 0 saturated carbocycles. The summed E-state index contributed by atoms with van der Waals surface area (Å²) in [4.78, 5) is 65.1. The van der Waals surface area contributed by atoms with E-state index in [-0.39, 0.29) is 35.6 Å². The summed E-state index contributed by atoms with van der Waals surface area (Å²) in [5, 5.41) is 2.13. The first-order chi connectivity index (χ1) is 14.3. The van der Waals surface area contributed by atoms with E-state index >= 15 is 0 Å². The normalized spacial score (nSPS) is 22.2. The first-order valence-corrected chi connectivity index (χ1v) is 9.83. The number of fused-ring (bicyclic) bond motifs is 1. The highest BCUT2D eigenvalue weighted by atomic mass is 19.1. The van der Waals surface area contributed by atoms with Crippen molar-refractivity contribution in [2.45, 2.75) is 32.2 Å². The molecule has 2 saturated heterocycles. The quantitative estimate of drug-likeness (QED) is 0.695. The van der Waals surface area contributed by atoms with Crippen molar-refractivity contribution in [1.82, 2.24) is 15.1 Å². The van der Waals surface area contributed by atoms with Crippen LogP contribution in [0.2, 0.25) is 0 Å². The lowest BCUT2D eigenvalue weighted by atomic mass is 10.0. The van der Waals surface area contributed by atoms with Crippen molar-refractivity contribution in [2.24, 2.45) is 0 Å². The molecule has 0 bridgehead atoms. The van der Waals surface area contributed by atoms with Crippen LogP contribution in [0, 0.1) is 5.82 Å². The number of nitrogens with zero attached hydrogens (tertiary/aromatic N) is 3. The van der Waals surface area contributed by atoms with Crippen LogP contribution in [0.25, 0.3) is 0 Å². The zero-order chi connectivity index (χ0) is 21.6. The predicted octanol–water partition coefficient (Wildman–Crippen LogP) is 0.286. The van der Waals surface area contributed by atoms with Gasteiger partial charge in [-0.25, -0.2) is 4.39 Å². The second-order valence-corrected chi connectivity index (χ2v) is 7.64. The fraction of sp³-hybridized carbons (Fsp3) is 0.450. The van der Waals surface area contributed by atoms with E-state index in [0.717, 1.165) is 11.0 Å². The van der Waals surface area contributed by atoms with Gasteiger partial charge in [0.05, 0.1) is 16.8 Å². The summed E-state index contributed by atoms with van der Waals surface area (Å²) in [5.41, 5.74) is 0.130. The molecule has 2 fully saturated rings. The van der Waals surface area contributed by atoms with Gasteiger partial charge in [0.25, 0.3) is 11.8 Å². The zero-order valence-corrected chi connectivity index (χ0v) is 16.4. The fourth-order valence-corrected chi connectivity index (χ4v) is 4.19. The molecule has 5 amide bonds. The van der Waals surface area contributed by atoms with Crippen LogP contribution in [0.3, 0.4) is 0 Å². The largest absolute Gasteiger partial charge is 0.367 e. The molecule has 3 aliphatic heterocycles. The molecule has 1 aromatic rings. The molecule has 0 radical (unpaired) electrons. The molecule has 1 unspecified atom stereocenters. The molecule has 10 heteroatoms. The Morgan fingerprint density at radius 3 is 2.40 bits per heavy atom. The Labute approximate surface area is 171 Å². The van der Waals surface area contributed by atoms with Crippen LogP contribution < -0.4 is 10.2 Å². The third-order valence-corrected chi connectivity index (χ3v) is 5.79. The summed E-state index contributed by atoms with van der Waals surface area (Å²) in [7, 11) is 0. The van der Waals surface area contributed by atoms with Crippen molar-refractivity contribution in [3.8, 4) is 0 Å². The maximum absolute atomic E-state index is 14.9. The lowest BCUT2D eigenvalue weighted by Gasteiger charge is -2.27. The smallest absolute Gasteiger partial charge is 0.262 e. The first kappa shape index (κ1) is 20.0. The number of halogens is 1. The van der Waals surface area contributed by atoms with Crippen molar-refractivity contribution in [3.63, 3.8) is 0 Å². The molecule has 1 aromatic carbocycles. The molecule has 4 rings (SSSR count). The Balaban J connectivity index is 1.62. The minimum absolute atomic E-state index is 0.0177. The second kappa shape index (κ2) is 7.51. The SMILES string of the molecule is CC(=O)N1CCCN(c2cc3c(cc2F)C(=O)N(C2CCC(=O)NC2=O)C3=O)CC1. The minimum Gasteiger partial charge on any atom is -0.367 e. The number of rotatable bonds is 2. The van der Waals surface area contributed by atoms with Gasteiger partial charge in [0, 0.05) is 39.5 Å². The minimum atomic E-state index is -1.09. The third kappa shape index (κ3) is 3.31. The third-order valence-electron chi connectivity index (χ3n) is 5.79. The summed E-state index contributed by atoms with van der Waals surface area (Å²) in [6.07, 6.45) is 0.702. The standard InChI is InChI=1S/C20H21FN4O5/c1-11(26)23-5-2-6-24(8-7-23)16-10-13-12(9-14(16)21)19(29)25(20(13)30)15-3-4-17(27)22-18(15)28/h9-10,15H,2-8H2,1H3,(H,22,27,28). The number of anilines is 1. The molecule has 30 heavy (non-hydrogen) atoms. The average Bonchev–Trinajstić information content (AvgIpc) is 2.86. The number of piperidine rings is 1. The molecule has 0 aliphatic carbocycles. The summed E-state index contributed by atoms with van der Waals surface area (Å²) >= 11 is 0. The van der Waals surface area contributed by atoms with Gasteiger partial charge in [-0.2, -0.15) is 0 Å². The number of hydrogen-bond acceptors (Lipinski definition) is 6. The van der Waals surface area contributed by atoms with Gasteiger partial charge in [0.1, 0.15) is 11.9 Å². The maximum atomic E-state index is 14.9. The Bertz CT molecular complexity index is 978. The first-order valence-electron chi connectivity index (χ1n) is 9.83. The van der Waals surface area contributed by atoms with Gasteiger partial charge >= 0.3 is 0 Å². The number of benzene rings is 1. The van der Waals surface area contributed by atoms with Gasteiger partial charge in [-0.15, -0.1) is 0 Å². The molecule has 1 N–H and O–H groups in total. The van der Waals surface area contributed by atoms with Crippen molar-refractivity contribution in [3.05, 3.63) is 29.1 Å². The Hall–Kier alpha value is -3.30. The highest BCUT2D eigenvalue weighted by molar-refractivity contribution is 6.23. The number of hydrogen-bond donors (Lipinski definition) is 1. The zero-order valence-electron chi connectivity index (χ0n) is 16.4. The maximum Gasteiger partial charge on any atom is 0.262 e. The summed E-state index contributed by atoms with van der Waals surface area (Å²) < 4.78 is 14.9. The van der Waals surface area contributed by atoms with Gasteiger partial charge in [0.2, 0.25) is 17.7 Å². The summed E-state index contributed by atoms with van der Waals surface area (Å²) in [6.45, 7) is 3.38. The van der Waals surface area contributed by atoms with Crippen molar-refractivity contribution in [1.29, 1.82) is 0 Å². The van der Waals surface area contributed by atoms with Crippen LogP contribution in [0.4, 0.5) is 10.1 Å². The van der Waals surface area contributed by atoms with E-state index < -0.39 is 35.5 Å². The summed E-state index contributed by atoms with van der Waals surface area (Å²) in [5.74, 6) is -3.28. The van der Waals surface area contributed by atoms with Crippen LogP contribution in [0.5, 0.6) is 0 Å². The van der Waals surface area contributed by atoms with Gasteiger partial charge in [0.15, 0.2) is 0 Å². The monoisotopic (exact) mass is 416 g/mol. The molecule has 3 aliphatic rings. The van der Waals surface area contributed by atoms with Crippen molar-refractivity contribution in [2.75, 3.05) is 31.1 Å². The second-order valence-electron chi connectivity index (χ2n) is 7.64. The van der Waals surface area contributed by atoms with E-state index in [2.05, 4.69) is 5.32 Å². The number of imide groups is 2. The highest BCUT2D eigenvalue weighted by Crippen LogP contribution is 2.33. The van der Waals surface area contributed by atoms with Crippen LogP contribution in [0.15, 0.2) is 12.1 Å². The average molecular weight is 416 g/mol. The molecule has 0 aromatic heterocycles. The van der Waals surface area contributed by atoms with Gasteiger partial charge in [-0.1, -0.05) is 0 Å². The Morgan fingerprint density at radius 2 is 1.73 bits per heavy atom. The number of carbonyl (C=O) groups is 5. The molecule has 9 nitrogen and oxygen atoms in total. The van der Waals surface area contributed by atoms with E-state index in [1.54, 1.807) is 9.80 Å². The van der Waals surface area contributed by atoms with Gasteiger partial charge < -0.3 is 9.80 Å². The van der Waals surface area contributed by atoms with Gasteiger partial charge in [-0.3, -0.25) is 34.2 Å². The van der Waals surface area contributed by atoms with Crippen LogP contribution >= 0.6 is 0 Å². The van der Waals surface area contributed by atoms with Gasteiger partial charge in [-0.05, 0) is 25.0 Å². The van der Waals surface area contributed by atoms with Crippen molar-refractivity contribution >= 4 is 35.2 Å². The highest BCUT2D eigenvalue weighted by Gasteiger charge is 2.45. The molecule has 158 valence electrons. The lowest BCUT2D eigenvalue weighted by Crippen LogP contribution is -2.54. The number of nitrogens with one attached hydrogen (secondary N) is 1.